The monoisotopic (exact) mass is 473 g/mol. The first-order valence-electron chi connectivity index (χ1n) is 10.3. The highest BCUT2D eigenvalue weighted by Gasteiger charge is 2.21. The minimum Gasteiger partial charge on any atom is -0.495 e. The molecule has 1 fully saturated rings. The van der Waals surface area contributed by atoms with E-state index in [-0.39, 0.29) is 10.6 Å². The summed E-state index contributed by atoms with van der Waals surface area (Å²) in [6.07, 6.45) is 0. The zero-order chi connectivity index (χ0) is 23.4. The number of ether oxygens (including phenoxy) is 2. The normalized spacial score (nSPS) is 14.1. The van der Waals surface area contributed by atoms with Gasteiger partial charge in [0.1, 0.15) is 33.9 Å². The van der Waals surface area contributed by atoms with E-state index < -0.39 is 15.8 Å². The fraction of sp³-hybridized carbons (Fsp3) is 0.273. The number of nitrogens with one attached hydrogen (secondary N) is 2. The minimum atomic E-state index is -4.05. The lowest BCUT2D eigenvalue weighted by Gasteiger charge is -2.28. The van der Waals surface area contributed by atoms with Crippen molar-refractivity contribution in [2.24, 2.45) is 0 Å². The lowest BCUT2D eigenvalue weighted by molar-refractivity contribution is 0.122. The lowest BCUT2D eigenvalue weighted by Crippen LogP contribution is -2.36. The molecule has 0 radical (unpaired) electrons. The van der Waals surface area contributed by atoms with Crippen LogP contribution in [0.5, 0.6) is 5.75 Å². The van der Waals surface area contributed by atoms with E-state index in [0.29, 0.717) is 36.2 Å². The number of aromatic nitrogens is 2. The number of hydrogen-bond acceptors (Lipinski definition) is 8. The highest BCUT2D eigenvalue weighted by atomic mass is 32.2. The Morgan fingerprint density at radius 1 is 1.03 bits per heavy atom. The first kappa shape index (κ1) is 22.7. The molecule has 1 aromatic heterocycles. The number of hydrogen-bond donors (Lipinski definition) is 2. The molecule has 33 heavy (non-hydrogen) atoms. The number of morpholine rings is 1. The Morgan fingerprint density at radius 3 is 2.42 bits per heavy atom. The molecule has 2 aromatic carbocycles. The summed E-state index contributed by atoms with van der Waals surface area (Å²) in [4.78, 5) is 10.8. The van der Waals surface area contributed by atoms with Crippen molar-refractivity contribution in [3.63, 3.8) is 0 Å². The van der Waals surface area contributed by atoms with E-state index in [2.05, 4.69) is 24.9 Å². The van der Waals surface area contributed by atoms with Crippen molar-refractivity contribution >= 4 is 33.0 Å². The maximum absolute atomic E-state index is 13.6. The van der Waals surface area contributed by atoms with Crippen molar-refractivity contribution in [1.29, 1.82) is 0 Å². The van der Waals surface area contributed by atoms with Crippen LogP contribution in [0, 0.1) is 12.7 Å². The maximum atomic E-state index is 13.6. The van der Waals surface area contributed by atoms with Gasteiger partial charge in [-0.3, -0.25) is 4.72 Å². The second-order valence-electron chi connectivity index (χ2n) is 7.36. The fourth-order valence-electron chi connectivity index (χ4n) is 3.41. The molecule has 3 aromatic rings. The molecule has 0 bridgehead atoms. The second kappa shape index (κ2) is 9.59. The minimum absolute atomic E-state index is 0.0531. The molecule has 11 heteroatoms. The highest BCUT2D eigenvalue weighted by Crippen LogP contribution is 2.27. The zero-order valence-corrected chi connectivity index (χ0v) is 19.0. The molecule has 4 rings (SSSR count). The van der Waals surface area contributed by atoms with Crippen LogP contribution in [-0.4, -0.2) is 51.8 Å². The first-order valence-corrected chi connectivity index (χ1v) is 11.7. The number of benzene rings is 2. The van der Waals surface area contributed by atoms with E-state index in [1.54, 1.807) is 24.3 Å². The highest BCUT2D eigenvalue weighted by molar-refractivity contribution is 7.92. The third-order valence-electron chi connectivity index (χ3n) is 4.98. The number of anilines is 4. The molecule has 1 saturated heterocycles. The molecule has 0 amide bonds. The maximum Gasteiger partial charge on any atom is 0.265 e. The number of methoxy groups -OCH3 is 1. The lowest BCUT2D eigenvalue weighted by atomic mass is 10.3. The molecular formula is C22H24FN5O4S. The van der Waals surface area contributed by atoms with Crippen molar-refractivity contribution in [2.75, 3.05) is 48.4 Å². The van der Waals surface area contributed by atoms with Crippen molar-refractivity contribution in [2.45, 2.75) is 11.8 Å². The van der Waals surface area contributed by atoms with Crippen molar-refractivity contribution in [3.05, 3.63) is 60.2 Å². The molecule has 2 N–H and O–H groups in total. The van der Waals surface area contributed by atoms with E-state index in [9.17, 15) is 12.8 Å². The van der Waals surface area contributed by atoms with Gasteiger partial charge in [0.15, 0.2) is 0 Å². The van der Waals surface area contributed by atoms with E-state index in [0.717, 1.165) is 31.0 Å². The van der Waals surface area contributed by atoms with Gasteiger partial charge in [-0.1, -0.05) is 0 Å². The number of rotatable bonds is 7. The molecular weight excluding hydrogens is 449 g/mol. The van der Waals surface area contributed by atoms with E-state index in [1.807, 2.05) is 13.0 Å². The summed E-state index contributed by atoms with van der Waals surface area (Å²) in [5.74, 6) is 1.46. The van der Waals surface area contributed by atoms with Crippen molar-refractivity contribution in [3.8, 4) is 5.75 Å². The van der Waals surface area contributed by atoms with Gasteiger partial charge in [0.25, 0.3) is 10.0 Å². The van der Waals surface area contributed by atoms with Gasteiger partial charge in [-0.15, -0.1) is 0 Å². The zero-order valence-electron chi connectivity index (χ0n) is 18.2. The van der Waals surface area contributed by atoms with Crippen molar-refractivity contribution < 1.29 is 22.3 Å². The number of halogens is 1. The topological polar surface area (TPSA) is 106 Å². The van der Waals surface area contributed by atoms with Gasteiger partial charge in [-0.25, -0.2) is 22.8 Å². The van der Waals surface area contributed by atoms with Gasteiger partial charge < -0.3 is 19.7 Å². The Balaban J connectivity index is 1.49. The summed E-state index contributed by atoms with van der Waals surface area (Å²) in [5.41, 5.74) is 1.03. The first-order chi connectivity index (χ1) is 15.8. The van der Waals surface area contributed by atoms with Gasteiger partial charge in [-0.2, -0.15) is 0 Å². The molecule has 0 saturated carbocycles. The van der Waals surface area contributed by atoms with E-state index in [1.165, 1.54) is 13.2 Å². The standard InChI is InChI=1S/C22H24FN5O4S/c1-15-24-21(14-22(25-15)28-9-11-32-12-10-28)26-17-4-6-18(7-5-17)27-33(29,30)20-13-16(23)3-8-19(20)31-2/h3-8,13-14,27H,9-12H2,1-2H3,(H,24,25,26). The van der Waals surface area contributed by atoms with Gasteiger partial charge in [0, 0.05) is 30.5 Å². The number of aryl methyl sites for hydroxylation is 1. The van der Waals surface area contributed by atoms with Crippen LogP contribution in [0.25, 0.3) is 0 Å². The molecule has 2 heterocycles. The average Bonchev–Trinajstić information content (AvgIpc) is 2.80. The van der Waals surface area contributed by atoms with Gasteiger partial charge in [0.2, 0.25) is 0 Å². The molecule has 0 aliphatic carbocycles. The summed E-state index contributed by atoms with van der Waals surface area (Å²) >= 11 is 0. The van der Waals surface area contributed by atoms with E-state index in [4.69, 9.17) is 9.47 Å². The SMILES string of the molecule is COc1ccc(F)cc1S(=O)(=O)Nc1ccc(Nc2cc(N3CCOCC3)nc(C)n2)cc1. The number of nitrogens with zero attached hydrogens (tertiary/aromatic N) is 3. The molecule has 1 aliphatic rings. The Labute approximate surface area is 191 Å². The largest absolute Gasteiger partial charge is 0.495 e. The molecule has 9 nitrogen and oxygen atoms in total. The molecule has 1 aliphatic heterocycles. The Bertz CT molecular complexity index is 1230. The van der Waals surface area contributed by atoms with Crippen LogP contribution in [0.15, 0.2) is 53.4 Å². The Hall–Kier alpha value is -3.44. The molecule has 0 unspecified atom stereocenters. The third-order valence-corrected chi connectivity index (χ3v) is 6.39. The summed E-state index contributed by atoms with van der Waals surface area (Å²) in [5, 5.41) is 3.22. The van der Waals surface area contributed by atoms with Gasteiger partial charge in [0.05, 0.1) is 20.3 Å². The predicted molar refractivity (Wildman–Crippen MR) is 123 cm³/mol. The summed E-state index contributed by atoms with van der Waals surface area (Å²) in [7, 11) is -2.72. The quantitative estimate of drug-likeness (QED) is 0.539. The van der Waals surface area contributed by atoms with Crippen LogP contribution in [0.3, 0.4) is 0 Å². The molecule has 0 atom stereocenters. The Kier molecular flexibility index (Phi) is 6.61. The summed E-state index contributed by atoms with van der Waals surface area (Å²) < 4.78 is 52.0. The van der Waals surface area contributed by atoms with Crippen LogP contribution in [0.1, 0.15) is 5.82 Å². The van der Waals surface area contributed by atoms with Crippen LogP contribution in [-0.2, 0) is 14.8 Å². The van der Waals surface area contributed by atoms with Crippen LogP contribution in [0.4, 0.5) is 27.4 Å². The summed E-state index contributed by atoms with van der Waals surface area (Å²) in [6, 6.07) is 11.8. The average molecular weight is 474 g/mol. The third kappa shape index (κ3) is 5.49. The Morgan fingerprint density at radius 2 is 1.73 bits per heavy atom. The predicted octanol–water partition coefficient (Wildman–Crippen LogP) is 3.31. The van der Waals surface area contributed by atoms with Crippen LogP contribution >= 0.6 is 0 Å². The summed E-state index contributed by atoms with van der Waals surface area (Å²) in [6.45, 7) is 4.67. The molecule has 0 spiro atoms. The smallest absolute Gasteiger partial charge is 0.265 e. The molecule has 174 valence electrons. The van der Waals surface area contributed by atoms with Crippen LogP contribution in [0.2, 0.25) is 0 Å². The van der Waals surface area contributed by atoms with Gasteiger partial charge >= 0.3 is 0 Å². The van der Waals surface area contributed by atoms with Crippen LogP contribution < -0.4 is 19.7 Å². The fourth-order valence-corrected chi connectivity index (χ4v) is 4.65. The van der Waals surface area contributed by atoms with Gasteiger partial charge in [-0.05, 0) is 49.4 Å². The number of sulfonamides is 1. The van der Waals surface area contributed by atoms with Crippen molar-refractivity contribution in [1.82, 2.24) is 9.97 Å². The second-order valence-corrected chi connectivity index (χ2v) is 9.01. The van der Waals surface area contributed by atoms with E-state index >= 15 is 0 Å².